The maximum atomic E-state index is 10.9. The Bertz CT molecular complexity index is 170. The molecule has 0 aliphatic carbocycles. The normalized spacial score (nSPS) is 27.3. The number of amides is 1. The molecule has 4 heteroatoms. The number of carbonyl (C=O) groups is 1. The molecule has 0 unspecified atom stereocenters. The van der Waals surface area contributed by atoms with Gasteiger partial charge in [0.2, 0.25) is 5.91 Å². The largest absolute Gasteiger partial charge is 0.392 e. The smallest absolute Gasteiger partial charge is 0.234 e. The van der Waals surface area contributed by atoms with E-state index in [1.165, 1.54) is 0 Å². The molecule has 12 heavy (non-hydrogen) atoms. The Morgan fingerprint density at radius 1 is 1.83 bits per heavy atom. The fourth-order valence-corrected chi connectivity index (χ4v) is 1.71. The van der Waals surface area contributed by atoms with Crippen molar-refractivity contribution in [2.24, 2.45) is 5.73 Å². The van der Waals surface area contributed by atoms with Gasteiger partial charge < -0.3 is 10.8 Å². The van der Waals surface area contributed by atoms with Crippen molar-refractivity contribution in [1.29, 1.82) is 0 Å². The van der Waals surface area contributed by atoms with E-state index in [4.69, 9.17) is 10.8 Å². The van der Waals surface area contributed by atoms with Crippen LogP contribution in [-0.4, -0.2) is 41.1 Å². The van der Waals surface area contributed by atoms with E-state index in [-0.39, 0.29) is 18.1 Å². The molecule has 1 fully saturated rings. The molecule has 1 heterocycles. The quantitative estimate of drug-likeness (QED) is 0.592. The van der Waals surface area contributed by atoms with Gasteiger partial charge in [0.1, 0.15) is 0 Å². The molecule has 0 aromatic rings. The first-order valence-corrected chi connectivity index (χ1v) is 4.32. The minimum Gasteiger partial charge on any atom is -0.392 e. The molecular formula is C8H16N2O2. The Balaban J connectivity index is 2.46. The summed E-state index contributed by atoms with van der Waals surface area (Å²) in [7, 11) is 0. The Morgan fingerprint density at radius 3 is 3.00 bits per heavy atom. The third-order valence-corrected chi connectivity index (χ3v) is 2.19. The van der Waals surface area contributed by atoms with Crippen molar-refractivity contribution >= 4 is 5.91 Å². The Hall–Kier alpha value is -0.610. The summed E-state index contributed by atoms with van der Waals surface area (Å²) < 4.78 is 0. The van der Waals surface area contributed by atoms with E-state index < -0.39 is 0 Å². The Labute approximate surface area is 72.3 Å². The fraction of sp³-hybridized carbons (Fsp3) is 0.875. The number of aliphatic hydroxyl groups is 1. The summed E-state index contributed by atoms with van der Waals surface area (Å²) in [5.74, 6) is -0.270. The van der Waals surface area contributed by atoms with Crippen LogP contribution in [0.4, 0.5) is 0 Å². The van der Waals surface area contributed by atoms with Crippen LogP contribution < -0.4 is 5.73 Å². The lowest BCUT2D eigenvalue weighted by Gasteiger charge is -2.22. The number of β-amino-alcohol motifs (C(OH)–C–C–N with tert-alkyl or cyclic N) is 1. The number of rotatable bonds is 3. The van der Waals surface area contributed by atoms with Gasteiger partial charge in [0.25, 0.3) is 0 Å². The van der Waals surface area contributed by atoms with E-state index in [0.29, 0.717) is 6.54 Å². The monoisotopic (exact) mass is 172 g/mol. The van der Waals surface area contributed by atoms with Gasteiger partial charge in [-0.2, -0.15) is 0 Å². The highest BCUT2D eigenvalue weighted by molar-refractivity contribution is 5.80. The molecule has 1 saturated heterocycles. The van der Waals surface area contributed by atoms with Gasteiger partial charge in [-0.25, -0.2) is 0 Å². The molecule has 4 nitrogen and oxygen atoms in total. The first-order valence-electron chi connectivity index (χ1n) is 4.32. The van der Waals surface area contributed by atoms with E-state index in [1.807, 2.05) is 4.90 Å². The van der Waals surface area contributed by atoms with Crippen molar-refractivity contribution < 1.29 is 9.90 Å². The van der Waals surface area contributed by atoms with Crippen LogP contribution in [0.15, 0.2) is 0 Å². The van der Waals surface area contributed by atoms with Gasteiger partial charge in [-0.05, 0) is 26.3 Å². The SMILES string of the molecule is C[C@@H](O)CN1CCC[C@@H]1C(N)=O. The lowest BCUT2D eigenvalue weighted by Crippen LogP contribution is -2.43. The second-order valence-electron chi connectivity index (χ2n) is 3.40. The van der Waals surface area contributed by atoms with E-state index in [0.717, 1.165) is 19.4 Å². The third-order valence-electron chi connectivity index (χ3n) is 2.19. The number of aliphatic hydroxyl groups excluding tert-OH is 1. The fourth-order valence-electron chi connectivity index (χ4n) is 1.71. The van der Waals surface area contributed by atoms with Crippen LogP contribution in [-0.2, 0) is 4.79 Å². The maximum Gasteiger partial charge on any atom is 0.234 e. The minimum absolute atomic E-state index is 0.153. The number of nitrogens with two attached hydrogens (primary N) is 1. The summed E-state index contributed by atoms with van der Waals surface area (Å²) in [5, 5.41) is 9.12. The van der Waals surface area contributed by atoms with E-state index >= 15 is 0 Å². The molecular weight excluding hydrogens is 156 g/mol. The molecule has 0 bridgehead atoms. The second kappa shape index (κ2) is 3.87. The zero-order valence-corrected chi connectivity index (χ0v) is 7.36. The average Bonchev–Trinajstić information content (AvgIpc) is 2.33. The number of nitrogens with zero attached hydrogens (tertiary/aromatic N) is 1. The third kappa shape index (κ3) is 2.19. The van der Waals surface area contributed by atoms with Crippen molar-refractivity contribution in [3.63, 3.8) is 0 Å². The van der Waals surface area contributed by atoms with Gasteiger partial charge in [0.15, 0.2) is 0 Å². The summed E-state index contributed by atoms with van der Waals surface area (Å²) in [5.41, 5.74) is 5.20. The van der Waals surface area contributed by atoms with Gasteiger partial charge >= 0.3 is 0 Å². The Morgan fingerprint density at radius 2 is 2.50 bits per heavy atom. The minimum atomic E-state index is -0.384. The molecule has 70 valence electrons. The first-order chi connectivity index (χ1) is 5.61. The molecule has 1 amide bonds. The van der Waals surface area contributed by atoms with Gasteiger partial charge in [-0.3, -0.25) is 9.69 Å². The summed E-state index contributed by atoms with van der Waals surface area (Å²) in [4.78, 5) is 12.8. The second-order valence-corrected chi connectivity index (χ2v) is 3.40. The van der Waals surface area contributed by atoms with Crippen LogP contribution in [0.25, 0.3) is 0 Å². The number of carbonyl (C=O) groups excluding carboxylic acids is 1. The first kappa shape index (κ1) is 9.48. The van der Waals surface area contributed by atoms with Crippen LogP contribution in [0.2, 0.25) is 0 Å². The van der Waals surface area contributed by atoms with Crippen molar-refractivity contribution in [1.82, 2.24) is 4.90 Å². The van der Waals surface area contributed by atoms with Crippen molar-refractivity contribution in [3.8, 4) is 0 Å². The number of primary amides is 1. The maximum absolute atomic E-state index is 10.9. The number of likely N-dealkylation sites (tertiary alicyclic amines) is 1. The topological polar surface area (TPSA) is 66.6 Å². The van der Waals surface area contributed by atoms with Gasteiger partial charge in [-0.15, -0.1) is 0 Å². The van der Waals surface area contributed by atoms with Crippen LogP contribution in [0.3, 0.4) is 0 Å². The zero-order valence-electron chi connectivity index (χ0n) is 7.36. The molecule has 0 aromatic carbocycles. The highest BCUT2D eigenvalue weighted by Crippen LogP contribution is 2.16. The van der Waals surface area contributed by atoms with E-state index in [2.05, 4.69) is 0 Å². The summed E-state index contributed by atoms with van der Waals surface area (Å²) in [6.45, 7) is 3.14. The molecule has 3 N–H and O–H groups in total. The predicted octanol–water partition coefficient (Wildman–Crippen LogP) is -0.683. The van der Waals surface area contributed by atoms with Gasteiger partial charge in [-0.1, -0.05) is 0 Å². The van der Waals surface area contributed by atoms with Crippen molar-refractivity contribution in [3.05, 3.63) is 0 Å². The average molecular weight is 172 g/mol. The number of hydrogen-bond acceptors (Lipinski definition) is 3. The zero-order chi connectivity index (χ0) is 9.14. The van der Waals surface area contributed by atoms with Crippen LogP contribution in [0, 0.1) is 0 Å². The standard InChI is InChI=1S/C8H16N2O2/c1-6(11)5-10-4-2-3-7(10)8(9)12/h6-7,11H,2-5H2,1H3,(H2,9,12)/t6-,7-/m1/s1. The highest BCUT2D eigenvalue weighted by atomic mass is 16.3. The lowest BCUT2D eigenvalue weighted by molar-refractivity contribution is -0.122. The van der Waals surface area contributed by atoms with Crippen LogP contribution in [0.5, 0.6) is 0 Å². The molecule has 1 aliphatic heterocycles. The van der Waals surface area contributed by atoms with Crippen molar-refractivity contribution in [2.45, 2.75) is 31.9 Å². The molecule has 1 rings (SSSR count). The predicted molar refractivity (Wildman–Crippen MR) is 45.5 cm³/mol. The number of hydrogen-bond donors (Lipinski definition) is 2. The molecule has 0 spiro atoms. The van der Waals surface area contributed by atoms with E-state index in [1.54, 1.807) is 6.92 Å². The Kier molecular flexibility index (Phi) is 3.05. The summed E-state index contributed by atoms with van der Waals surface area (Å²) in [6.07, 6.45) is 1.45. The van der Waals surface area contributed by atoms with Gasteiger partial charge in [0.05, 0.1) is 12.1 Å². The molecule has 2 atom stereocenters. The molecule has 0 radical (unpaired) electrons. The summed E-state index contributed by atoms with van der Waals surface area (Å²) >= 11 is 0. The highest BCUT2D eigenvalue weighted by Gasteiger charge is 2.29. The molecule has 0 aromatic heterocycles. The van der Waals surface area contributed by atoms with Gasteiger partial charge in [0, 0.05) is 6.54 Å². The molecule has 0 saturated carbocycles. The van der Waals surface area contributed by atoms with Crippen molar-refractivity contribution in [2.75, 3.05) is 13.1 Å². The van der Waals surface area contributed by atoms with Crippen LogP contribution >= 0.6 is 0 Å². The lowest BCUT2D eigenvalue weighted by atomic mass is 10.2. The molecule has 1 aliphatic rings. The van der Waals surface area contributed by atoms with Crippen LogP contribution in [0.1, 0.15) is 19.8 Å². The summed E-state index contributed by atoms with van der Waals surface area (Å²) in [6, 6.07) is -0.153. The van der Waals surface area contributed by atoms with E-state index in [9.17, 15) is 4.79 Å².